The molecule has 1 aromatic heterocycles. The minimum atomic E-state index is -0.491. The first kappa shape index (κ1) is 13.5. The van der Waals surface area contributed by atoms with E-state index in [9.17, 15) is 14.0 Å². The predicted molar refractivity (Wildman–Crippen MR) is 74.2 cm³/mol. The standard InChI is InChI=1S/C14H15FN4O2/c15-8-5-10(13-11(6-8)17-7-18-13)14(21)19-9-1-2-12(20)16-4-3-9/h5-7,9H,1-4H2,(H,16,20)(H,17,18)(H,19,21). The Labute approximate surface area is 120 Å². The van der Waals surface area contributed by atoms with Gasteiger partial charge < -0.3 is 15.6 Å². The first-order chi connectivity index (χ1) is 10.1. The minimum absolute atomic E-state index is 0.00723. The Morgan fingerprint density at radius 3 is 3.10 bits per heavy atom. The van der Waals surface area contributed by atoms with Crippen LogP contribution in [0.5, 0.6) is 0 Å². The Morgan fingerprint density at radius 2 is 2.24 bits per heavy atom. The number of fused-ring (bicyclic) bond motifs is 1. The van der Waals surface area contributed by atoms with Crippen molar-refractivity contribution in [2.45, 2.75) is 25.3 Å². The largest absolute Gasteiger partial charge is 0.356 e. The van der Waals surface area contributed by atoms with E-state index in [0.29, 0.717) is 36.8 Å². The van der Waals surface area contributed by atoms with E-state index in [1.807, 2.05) is 0 Å². The zero-order chi connectivity index (χ0) is 14.8. The first-order valence-electron chi connectivity index (χ1n) is 6.83. The Balaban J connectivity index is 1.80. The van der Waals surface area contributed by atoms with Crippen LogP contribution in [0, 0.1) is 5.82 Å². The number of hydrogen-bond donors (Lipinski definition) is 3. The Hall–Kier alpha value is -2.44. The summed E-state index contributed by atoms with van der Waals surface area (Å²) in [5.41, 5.74) is 1.13. The van der Waals surface area contributed by atoms with Crippen molar-refractivity contribution >= 4 is 22.8 Å². The number of hydrogen-bond acceptors (Lipinski definition) is 3. The van der Waals surface area contributed by atoms with Crippen molar-refractivity contribution in [1.29, 1.82) is 0 Å². The molecule has 0 bridgehead atoms. The lowest BCUT2D eigenvalue weighted by Crippen LogP contribution is -2.35. The van der Waals surface area contributed by atoms with Crippen LogP contribution in [0.1, 0.15) is 29.6 Å². The molecule has 1 aliphatic rings. The average Bonchev–Trinajstić information content (AvgIpc) is 2.82. The van der Waals surface area contributed by atoms with E-state index in [1.54, 1.807) is 0 Å². The van der Waals surface area contributed by atoms with Gasteiger partial charge in [0, 0.05) is 19.0 Å². The van der Waals surface area contributed by atoms with Gasteiger partial charge in [-0.1, -0.05) is 0 Å². The highest BCUT2D eigenvalue weighted by atomic mass is 19.1. The molecular formula is C14H15FN4O2. The van der Waals surface area contributed by atoms with E-state index >= 15 is 0 Å². The molecule has 0 aliphatic carbocycles. The number of nitrogens with zero attached hydrogens (tertiary/aromatic N) is 1. The van der Waals surface area contributed by atoms with Crippen LogP contribution < -0.4 is 10.6 Å². The van der Waals surface area contributed by atoms with Crippen molar-refractivity contribution in [3.8, 4) is 0 Å². The number of nitrogens with one attached hydrogen (secondary N) is 3. The quantitative estimate of drug-likeness (QED) is 0.774. The number of carbonyl (C=O) groups excluding carboxylic acids is 2. The molecule has 0 spiro atoms. The van der Waals surface area contributed by atoms with Gasteiger partial charge in [-0.05, 0) is 25.0 Å². The lowest BCUT2D eigenvalue weighted by molar-refractivity contribution is -0.120. The SMILES string of the molecule is O=C1CCC(NC(=O)c2cc(F)cc3[nH]cnc23)CCN1. The first-order valence-corrected chi connectivity index (χ1v) is 6.83. The third kappa shape index (κ3) is 2.86. The van der Waals surface area contributed by atoms with Gasteiger partial charge in [0.1, 0.15) is 11.3 Å². The maximum Gasteiger partial charge on any atom is 0.253 e. The molecule has 1 aromatic carbocycles. The smallest absolute Gasteiger partial charge is 0.253 e. The van der Waals surface area contributed by atoms with E-state index in [-0.39, 0.29) is 23.4 Å². The van der Waals surface area contributed by atoms with Crippen molar-refractivity contribution in [2.24, 2.45) is 0 Å². The summed E-state index contributed by atoms with van der Waals surface area (Å²) >= 11 is 0. The number of benzene rings is 1. The molecule has 6 nitrogen and oxygen atoms in total. The Morgan fingerprint density at radius 1 is 1.38 bits per heavy atom. The second-order valence-corrected chi connectivity index (χ2v) is 5.10. The van der Waals surface area contributed by atoms with Crippen LogP contribution in [0.3, 0.4) is 0 Å². The molecule has 2 heterocycles. The molecule has 1 saturated heterocycles. The lowest BCUT2D eigenvalue weighted by atomic mass is 10.1. The van der Waals surface area contributed by atoms with Gasteiger partial charge in [-0.25, -0.2) is 9.37 Å². The number of halogens is 1. The van der Waals surface area contributed by atoms with E-state index in [2.05, 4.69) is 20.6 Å². The van der Waals surface area contributed by atoms with Crippen LogP contribution in [-0.2, 0) is 4.79 Å². The molecule has 2 aromatic rings. The van der Waals surface area contributed by atoms with E-state index in [4.69, 9.17) is 0 Å². The average molecular weight is 290 g/mol. The highest BCUT2D eigenvalue weighted by Gasteiger charge is 2.20. The maximum atomic E-state index is 13.5. The van der Waals surface area contributed by atoms with Crippen molar-refractivity contribution in [2.75, 3.05) is 6.54 Å². The second kappa shape index (κ2) is 5.51. The maximum absolute atomic E-state index is 13.5. The summed E-state index contributed by atoms with van der Waals surface area (Å²) in [5.74, 6) is -0.868. The Kier molecular flexibility index (Phi) is 3.55. The van der Waals surface area contributed by atoms with Crippen molar-refractivity contribution in [3.63, 3.8) is 0 Å². The summed E-state index contributed by atoms with van der Waals surface area (Å²) in [6.07, 6.45) is 3.05. The van der Waals surface area contributed by atoms with E-state index < -0.39 is 5.82 Å². The fraction of sp³-hybridized carbons (Fsp3) is 0.357. The zero-order valence-electron chi connectivity index (χ0n) is 11.3. The summed E-state index contributed by atoms with van der Waals surface area (Å²) < 4.78 is 13.5. The summed E-state index contributed by atoms with van der Waals surface area (Å²) in [5, 5.41) is 5.61. The Bertz CT molecular complexity index is 697. The number of H-pyrrole nitrogens is 1. The molecule has 1 unspecified atom stereocenters. The predicted octanol–water partition coefficient (Wildman–Crippen LogP) is 1.10. The molecule has 3 rings (SSSR count). The number of aromatic amines is 1. The third-order valence-corrected chi connectivity index (χ3v) is 3.60. The molecule has 1 aliphatic heterocycles. The summed E-state index contributed by atoms with van der Waals surface area (Å²) in [6, 6.07) is 2.38. The fourth-order valence-corrected chi connectivity index (χ4v) is 2.52. The van der Waals surface area contributed by atoms with Crippen molar-refractivity contribution in [3.05, 3.63) is 29.8 Å². The summed E-state index contributed by atoms with van der Waals surface area (Å²) in [7, 11) is 0. The molecule has 2 amide bonds. The van der Waals surface area contributed by atoms with E-state index in [0.717, 1.165) is 0 Å². The topological polar surface area (TPSA) is 86.9 Å². The molecule has 21 heavy (non-hydrogen) atoms. The van der Waals surface area contributed by atoms with Gasteiger partial charge in [-0.2, -0.15) is 0 Å². The van der Waals surface area contributed by atoms with Crippen LogP contribution in [0.15, 0.2) is 18.5 Å². The number of aromatic nitrogens is 2. The molecule has 1 fully saturated rings. The molecule has 110 valence electrons. The number of rotatable bonds is 2. The third-order valence-electron chi connectivity index (χ3n) is 3.60. The van der Waals surface area contributed by atoms with E-state index in [1.165, 1.54) is 18.5 Å². The van der Waals surface area contributed by atoms with Crippen LogP contribution in [0.2, 0.25) is 0 Å². The lowest BCUT2D eigenvalue weighted by Gasteiger charge is -2.15. The summed E-state index contributed by atoms with van der Waals surface area (Å²) in [4.78, 5) is 30.5. The summed E-state index contributed by atoms with van der Waals surface area (Å²) in [6.45, 7) is 0.532. The second-order valence-electron chi connectivity index (χ2n) is 5.10. The van der Waals surface area contributed by atoms with Gasteiger partial charge in [-0.15, -0.1) is 0 Å². The normalized spacial score (nSPS) is 19.1. The van der Waals surface area contributed by atoms with Gasteiger partial charge in [0.25, 0.3) is 5.91 Å². The van der Waals surface area contributed by atoms with Crippen molar-refractivity contribution in [1.82, 2.24) is 20.6 Å². The molecular weight excluding hydrogens is 275 g/mol. The number of amides is 2. The van der Waals surface area contributed by atoms with Crippen LogP contribution in [0.4, 0.5) is 4.39 Å². The van der Waals surface area contributed by atoms with Crippen LogP contribution in [0.25, 0.3) is 11.0 Å². The van der Waals surface area contributed by atoms with Crippen LogP contribution >= 0.6 is 0 Å². The highest BCUT2D eigenvalue weighted by molar-refractivity contribution is 6.04. The molecule has 1 atom stereocenters. The monoisotopic (exact) mass is 290 g/mol. The fourth-order valence-electron chi connectivity index (χ4n) is 2.52. The van der Waals surface area contributed by atoms with Gasteiger partial charge >= 0.3 is 0 Å². The molecule has 3 N–H and O–H groups in total. The number of carbonyl (C=O) groups is 2. The van der Waals surface area contributed by atoms with Gasteiger partial charge in [-0.3, -0.25) is 9.59 Å². The minimum Gasteiger partial charge on any atom is -0.356 e. The van der Waals surface area contributed by atoms with Gasteiger partial charge in [0.2, 0.25) is 5.91 Å². The van der Waals surface area contributed by atoms with Gasteiger partial charge in [0.05, 0.1) is 17.4 Å². The van der Waals surface area contributed by atoms with Gasteiger partial charge in [0.15, 0.2) is 0 Å². The highest BCUT2D eigenvalue weighted by Crippen LogP contribution is 2.18. The van der Waals surface area contributed by atoms with Crippen LogP contribution in [-0.4, -0.2) is 34.4 Å². The zero-order valence-corrected chi connectivity index (χ0v) is 11.3. The molecule has 0 radical (unpaired) electrons. The molecule has 0 saturated carbocycles. The van der Waals surface area contributed by atoms with Crippen molar-refractivity contribution < 1.29 is 14.0 Å². The molecule has 7 heteroatoms. The number of imidazole rings is 1.